The molecule has 0 aliphatic rings. The molecule has 0 aromatic heterocycles. The van der Waals surface area contributed by atoms with Crippen LogP contribution in [0.15, 0.2) is 54.6 Å². The van der Waals surface area contributed by atoms with E-state index in [2.05, 4.69) is 5.32 Å². The second-order valence-corrected chi connectivity index (χ2v) is 11.3. The normalized spacial score (nSPS) is 12.7. The van der Waals surface area contributed by atoms with Gasteiger partial charge in [-0.25, -0.2) is 8.42 Å². The van der Waals surface area contributed by atoms with Crippen LogP contribution >= 0.6 is 11.6 Å². The molecular formula is C24H32ClN3O4S. The summed E-state index contributed by atoms with van der Waals surface area (Å²) < 4.78 is 26.1. The van der Waals surface area contributed by atoms with Crippen molar-refractivity contribution in [2.24, 2.45) is 0 Å². The number of halogens is 1. The van der Waals surface area contributed by atoms with Gasteiger partial charge in [0, 0.05) is 17.1 Å². The molecule has 0 fully saturated rings. The highest BCUT2D eigenvalue weighted by molar-refractivity contribution is 7.92. The van der Waals surface area contributed by atoms with Gasteiger partial charge in [0.15, 0.2) is 0 Å². The Bertz CT molecular complexity index is 1050. The van der Waals surface area contributed by atoms with Crippen LogP contribution < -0.4 is 9.62 Å². The van der Waals surface area contributed by atoms with Crippen LogP contribution in [0.1, 0.15) is 39.7 Å². The predicted molar refractivity (Wildman–Crippen MR) is 133 cm³/mol. The Morgan fingerprint density at radius 1 is 1.03 bits per heavy atom. The third-order valence-electron chi connectivity index (χ3n) is 4.87. The fraction of sp³-hybridized carbons (Fsp3) is 0.417. The molecule has 0 saturated carbocycles. The number of amides is 2. The molecule has 0 saturated heterocycles. The molecule has 180 valence electrons. The lowest BCUT2D eigenvalue weighted by Gasteiger charge is -2.34. The Morgan fingerprint density at radius 3 is 2.09 bits per heavy atom. The summed E-state index contributed by atoms with van der Waals surface area (Å²) in [5.74, 6) is -0.762. The van der Waals surface area contributed by atoms with Gasteiger partial charge in [-0.2, -0.15) is 0 Å². The quantitative estimate of drug-likeness (QED) is 0.575. The summed E-state index contributed by atoms with van der Waals surface area (Å²) in [5, 5.41) is 3.39. The third kappa shape index (κ3) is 8.05. The molecule has 1 atom stereocenters. The molecule has 0 spiro atoms. The summed E-state index contributed by atoms with van der Waals surface area (Å²) in [7, 11) is -3.77. The molecular weight excluding hydrogens is 462 g/mol. The lowest BCUT2D eigenvalue weighted by Crippen LogP contribution is -2.55. The maximum atomic E-state index is 13.5. The van der Waals surface area contributed by atoms with Gasteiger partial charge in [-0.05, 0) is 57.0 Å². The van der Waals surface area contributed by atoms with Crippen LogP contribution in [0.4, 0.5) is 5.69 Å². The third-order valence-corrected chi connectivity index (χ3v) is 6.27. The van der Waals surface area contributed by atoms with E-state index >= 15 is 0 Å². The Hall–Kier alpha value is -2.58. The SMILES string of the molecule is CCC(C(=O)NC(C)(C)C)N(Cc1ccccc1)C(=O)CN(c1ccc(Cl)cc1)S(C)(=O)=O. The van der Waals surface area contributed by atoms with Crippen molar-refractivity contribution in [1.82, 2.24) is 10.2 Å². The Balaban J connectivity index is 2.42. The predicted octanol–water partition coefficient (Wildman–Crippen LogP) is 3.83. The van der Waals surface area contributed by atoms with Crippen LogP contribution in [0.5, 0.6) is 0 Å². The van der Waals surface area contributed by atoms with Crippen molar-refractivity contribution in [3.8, 4) is 0 Å². The van der Waals surface area contributed by atoms with Gasteiger partial charge in [-0.15, -0.1) is 0 Å². The van der Waals surface area contributed by atoms with Gasteiger partial charge >= 0.3 is 0 Å². The first-order valence-corrected chi connectivity index (χ1v) is 12.9. The Labute approximate surface area is 201 Å². The van der Waals surface area contributed by atoms with Crippen molar-refractivity contribution in [2.75, 3.05) is 17.1 Å². The Morgan fingerprint density at radius 2 is 1.61 bits per heavy atom. The minimum absolute atomic E-state index is 0.175. The molecule has 0 heterocycles. The highest BCUT2D eigenvalue weighted by atomic mass is 35.5. The van der Waals surface area contributed by atoms with Gasteiger partial charge in [-0.3, -0.25) is 13.9 Å². The van der Waals surface area contributed by atoms with Crippen molar-refractivity contribution >= 4 is 39.1 Å². The van der Waals surface area contributed by atoms with Gasteiger partial charge in [0.2, 0.25) is 21.8 Å². The number of benzene rings is 2. The van der Waals surface area contributed by atoms with Crippen LogP contribution in [0.3, 0.4) is 0 Å². The van der Waals surface area contributed by atoms with E-state index < -0.39 is 34.1 Å². The van der Waals surface area contributed by atoms with Crippen molar-refractivity contribution in [2.45, 2.75) is 52.2 Å². The van der Waals surface area contributed by atoms with Crippen molar-refractivity contribution in [3.63, 3.8) is 0 Å². The van der Waals surface area contributed by atoms with E-state index in [9.17, 15) is 18.0 Å². The number of carbonyl (C=O) groups is 2. The van der Waals surface area contributed by atoms with E-state index in [1.54, 1.807) is 24.3 Å². The zero-order valence-corrected chi connectivity index (χ0v) is 21.3. The highest BCUT2D eigenvalue weighted by Gasteiger charge is 2.33. The molecule has 0 radical (unpaired) electrons. The maximum Gasteiger partial charge on any atom is 0.244 e. The van der Waals surface area contributed by atoms with E-state index in [0.29, 0.717) is 17.1 Å². The van der Waals surface area contributed by atoms with Gasteiger partial charge in [0.05, 0.1) is 11.9 Å². The fourth-order valence-electron chi connectivity index (χ4n) is 3.37. The molecule has 9 heteroatoms. The van der Waals surface area contributed by atoms with E-state index in [1.807, 2.05) is 58.0 Å². The standard InChI is InChI=1S/C24H32ClN3O4S/c1-6-21(23(30)26-24(2,3)4)27(16-18-10-8-7-9-11-18)22(29)17-28(33(5,31)32)20-14-12-19(25)13-15-20/h7-15,21H,6,16-17H2,1-5H3,(H,26,30). The second kappa shape index (κ2) is 11.0. The molecule has 2 amide bonds. The number of anilines is 1. The second-order valence-electron chi connectivity index (χ2n) is 8.92. The topological polar surface area (TPSA) is 86.8 Å². The smallest absolute Gasteiger partial charge is 0.244 e. The number of rotatable bonds is 9. The van der Waals surface area contributed by atoms with Crippen molar-refractivity contribution in [1.29, 1.82) is 0 Å². The molecule has 0 aliphatic carbocycles. The fourth-order valence-corrected chi connectivity index (χ4v) is 4.35. The van der Waals surface area contributed by atoms with E-state index in [0.717, 1.165) is 16.1 Å². The summed E-state index contributed by atoms with van der Waals surface area (Å²) in [5.41, 5.74) is 0.681. The average molecular weight is 494 g/mol. The Kier molecular flexibility index (Phi) is 8.91. The van der Waals surface area contributed by atoms with Gasteiger partial charge in [0.1, 0.15) is 12.6 Å². The molecule has 1 N–H and O–H groups in total. The first-order chi connectivity index (χ1) is 15.3. The van der Waals surface area contributed by atoms with E-state index in [-0.39, 0.29) is 12.5 Å². The highest BCUT2D eigenvalue weighted by Crippen LogP contribution is 2.22. The summed E-state index contributed by atoms with van der Waals surface area (Å²) in [6, 6.07) is 14.7. The van der Waals surface area contributed by atoms with E-state index in [1.165, 1.54) is 4.90 Å². The van der Waals surface area contributed by atoms with Crippen molar-refractivity contribution < 1.29 is 18.0 Å². The van der Waals surface area contributed by atoms with Crippen LogP contribution in [0.2, 0.25) is 5.02 Å². The number of carbonyl (C=O) groups excluding carboxylic acids is 2. The van der Waals surface area contributed by atoms with E-state index in [4.69, 9.17) is 11.6 Å². The number of sulfonamides is 1. The summed E-state index contributed by atoms with van der Waals surface area (Å²) in [6.45, 7) is 7.17. The minimum Gasteiger partial charge on any atom is -0.350 e. The molecule has 2 aromatic rings. The molecule has 33 heavy (non-hydrogen) atoms. The number of hydrogen-bond acceptors (Lipinski definition) is 4. The molecule has 2 rings (SSSR count). The van der Waals surface area contributed by atoms with Crippen LogP contribution in [0.25, 0.3) is 0 Å². The van der Waals surface area contributed by atoms with Crippen LogP contribution in [0, 0.1) is 0 Å². The zero-order valence-electron chi connectivity index (χ0n) is 19.7. The maximum absolute atomic E-state index is 13.5. The van der Waals surface area contributed by atoms with Gasteiger partial charge < -0.3 is 10.2 Å². The first kappa shape index (κ1) is 26.7. The monoisotopic (exact) mass is 493 g/mol. The molecule has 1 unspecified atom stereocenters. The lowest BCUT2D eigenvalue weighted by atomic mass is 10.1. The van der Waals surface area contributed by atoms with Crippen LogP contribution in [-0.2, 0) is 26.2 Å². The largest absolute Gasteiger partial charge is 0.350 e. The lowest BCUT2D eigenvalue weighted by molar-refractivity contribution is -0.141. The average Bonchev–Trinajstić information content (AvgIpc) is 2.71. The zero-order chi connectivity index (χ0) is 24.8. The van der Waals surface area contributed by atoms with Gasteiger partial charge in [-0.1, -0.05) is 48.9 Å². The number of nitrogens with zero attached hydrogens (tertiary/aromatic N) is 2. The number of nitrogens with one attached hydrogen (secondary N) is 1. The molecule has 7 nitrogen and oxygen atoms in total. The summed E-state index contributed by atoms with van der Waals surface area (Å²) in [6.07, 6.45) is 1.42. The molecule has 2 aromatic carbocycles. The van der Waals surface area contributed by atoms with Gasteiger partial charge in [0.25, 0.3) is 0 Å². The summed E-state index contributed by atoms with van der Waals surface area (Å²) >= 11 is 5.94. The summed E-state index contributed by atoms with van der Waals surface area (Å²) in [4.78, 5) is 28.0. The number of hydrogen-bond donors (Lipinski definition) is 1. The molecule has 0 bridgehead atoms. The minimum atomic E-state index is -3.77. The molecule has 0 aliphatic heterocycles. The first-order valence-electron chi connectivity index (χ1n) is 10.7. The van der Waals surface area contributed by atoms with Crippen molar-refractivity contribution in [3.05, 3.63) is 65.2 Å². The van der Waals surface area contributed by atoms with Crippen LogP contribution in [-0.4, -0.2) is 49.5 Å².